The largest absolute Gasteiger partial charge is 0.340 e. The SMILES string of the molecule is CC1CCCN1CCC(=O)N1CCNCC1.Cl. The second kappa shape index (κ2) is 7.19. The number of nitrogens with zero attached hydrogens (tertiary/aromatic N) is 2. The van der Waals surface area contributed by atoms with Crippen molar-refractivity contribution in [1.29, 1.82) is 0 Å². The van der Waals surface area contributed by atoms with Gasteiger partial charge in [0.1, 0.15) is 0 Å². The lowest BCUT2D eigenvalue weighted by atomic mass is 10.2. The van der Waals surface area contributed by atoms with E-state index in [1.165, 1.54) is 19.4 Å². The van der Waals surface area contributed by atoms with Crippen LogP contribution in [0, 0.1) is 0 Å². The van der Waals surface area contributed by atoms with Crippen molar-refractivity contribution in [2.24, 2.45) is 0 Å². The number of carbonyl (C=O) groups is 1. The van der Waals surface area contributed by atoms with Crippen LogP contribution in [-0.4, -0.2) is 61.0 Å². The van der Waals surface area contributed by atoms with E-state index in [9.17, 15) is 4.79 Å². The van der Waals surface area contributed by atoms with E-state index in [2.05, 4.69) is 17.1 Å². The zero-order chi connectivity index (χ0) is 11.4. The molecule has 0 radical (unpaired) electrons. The van der Waals surface area contributed by atoms with Gasteiger partial charge in [-0.1, -0.05) is 0 Å². The number of hydrogen-bond donors (Lipinski definition) is 1. The monoisotopic (exact) mass is 261 g/mol. The molecule has 1 atom stereocenters. The minimum absolute atomic E-state index is 0. The van der Waals surface area contributed by atoms with E-state index in [0.717, 1.165) is 32.7 Å². The fourth-order valence-corrected chi connectivity index (χ4v) is 2.64. The predicted octanol–water partition coefficient (Wildman–Crippen LogP) is 0.714. The quantitative estimate of drug-likeness (QED) is 0.813. The van der Waals surface area contributed by atoms with Crippen molar-refractivity contribution < 1.29 is 4.79 Å². The van der Waals surface area contributed by atoms with Crippen molar-refractivity contribution in [2.75, 3.05) is 39.3 Å². The minimum Gasteiger partial charge on any atom is -0.340 e. The first kappa shape index (κ1) is 14.7. The summed E-state index contributed by atoms with van der Waals surface area (Å²) in [5.74, 6) is 0.334. The van der Waals surface area contributed by atoms with Gasteiger partial charge in [0.2, 0.25) is 5.91 Å². The Morgan fingerprint density at radius 3 is 2.59 bits per heavy atom. The summed E-state index contributed by atoms with van der Waals surface area (Å²) in [6, 6.07) is 0.677. The first-order valence-corrected chi connectivity index (χ1v) is 6.50. The molecule has 2 heterocycles. The summed E-state index contributed by atoms with van der Waals surface area (Å²) in [6.07, 6.45) is 3.29. The maximum atomic E-state index is 11.9. The summed E-state index contributed by atoms with van der Waals surface area (Å²) in [5, 5.41) is 3.27. The molecule has 17 heavy (non-hydrogen) atoms. The van der Waals surface area contributed by atoms with Crippen molar-refractivity contribution >= 4 is 18.3 Å². The molecule has 0 saturated carbocycles. The molecule has 0 spiro atoms. The topological polar surface area (TPSA) is 35.6 Å². The van der Waals surface area contributed by atoms with Gasteiger partial charge in [-0.25, -0.2) is 0 Å². The van der Waals surface area contributed by atoms with Gasteiger partial charge in [-0.2, -0.15) is 0 Å². The molecule has 0 aromatic carbocycles. The van der Waals surface area contributed by atoms with Gasteiger partial charge < -0.3 is 15.1 Å². The van der Waals surface area contributed by atoms with Crippen LogP contribution >= 0.6 is 12.4 Å². The van der Waals surface area contributed by atoms with E-state index < -0.39 is 0 Å². The summed E-state index contributed by atoms with van der Waals surface area (Å²) < 4.78 is 0. The Morgan fingerprint density at radius 1 is 1.29 bits per heavy atom. The molecule has 100 valence electrons. The van der Waals surface area contributed by atoms with E-state index in [1.54, 1.807) is 0 Å². The molecule has 2 saturated heterocycles. The molecule has 2 aliphatic rings. The maximum absolute atomic E-state index is 11.9. The molecule has 0 aliphatic carbocycles. The maximum Gasteiger partial charge on any atom is 0.223 e. The highest BCUT2D eigenvalue weighted by Crippen LogP contribution is 2.16. The Hall–Kier alpha value is -0.320. The van der Waals surface area contributed by atoms with Crippen molar-refractivity contribution in [3.8, 4) is 0 Å². The third-order valence-electron chi connectivity index (χ3n) is 3.77. The first-order valence-electron chi connectivity index (χ1n) is 6.50. The van der Waals surface area contributed by atoms with Crippen molar-refractivity contribution in [3.63, 3.8) is 0 Å². The van der Waals surface area contributed by atoms with E-state index in [-0.39, 0.29) is 12.4 Å². The molecule has 2 rings (SSSR count). The summed E-state index contributed by atoms with van der Waals surface area (Å²) in [4.78, 5) is 16.4. The Labute approximate surface area is 110 Å². The summed E-state index contributed by atoms with van der Waals surface area (Å²) in [6.45, 7) is 8.06. The minimum atomic E-state index is 0. The van der Waals surface area contributed by atoms with Crippen molar-refractivity contribution in [2.45, 2.75) is 32.2 Å². The average molecular weight is 262 g/mol. The molecule has 0 aromatic rings. The van der Waals surface area contributed by atoms with Gasteiger partial charge >= 0.3 is 0 Å². The lowest BCUT2D eigenvalue weighted by Gasteiger charge is -2.28. The van der Waals surface area contributed by atoms with Gasteiger partial charge in [-0.05, 0) is 26.3 Å². The number of carbonyl (C=O) groups excluding carboxylic acids is 1. The molecule has 5 heteroatoms. The van der Waals surface area contributed by atoms with Crippen LogP contribution in [0.4, 0.5) is 0 Å². The van der Waals surface area contributed by atoms with Crippen LogP contribution in [0.25, 0.3) is 0 Å². The lowest BCUT2D eigenvalue weighted by Crippen LogP contribution is -2.47. The van der Waals surface area contributed by atoms with Crippen LogP contribution in [-0.2, 0) is 4.79 Å². The highest BCUT2D eigenvalue weighted by molar-refractivity contribution is 5.85. The zero-order valence-electron chi connectivity index (χ0n) is 10.7. The number of hydrogen-bond acceptors (Lipinski definition) is 3. The van der Waals surface area contributed by atoms with Gasteiger partial charge in [-0.15, -0.1) is 12.4 Å². The summed E-state index contributed by atoms with van der Waals surface area (Å²) >= 11 is 0. The van der Waals surface area contributed by atoms with Crippen molar-refractivity contribution in [3.05, 3.63) is 0 Å². The van der Waals surface area contributed by atoms with Gasteiger partial charge in [0.05, 0.1) is 0 Å². The number of halogens is 1. The van der Waals surface area contributed by atoms with E-state index in [0.29, 0.717) is 18.4 Å². The highest BCUT2D eigenvalue weighted by Gasteiger charge is 2.22. The van der Waals surface area contributed by atoms with E-state index in [1.807, 2.05) is 4.90 Å². The molecular weight excluding hydrogens is 238 g/mol. The van der Waals surface area contributed by atoms with E-state index >= 15 is 0 Å². The molecule has 0 aromatic heterocycles. The van der Waals surface area contributed by atoms with Crippen LogP contribution in [0.5, 0.6) is 0 Å². The standard InChI is InChI=1S/C12H23N3O.ClH/c1-11-3-2-7-14(11)8-4-12(16)15-9-5-13-6-10-15;/h11,13H,2-10H2,1H3;1H. The van der Waals surface area contributed by atoms with Crippen LogP contribution in [0.1, 0.15) is 26.2 Å². The third-order valence-corrected chi connectivity index (χ3v) is 3.77. The number of rotatable bonds is 3. The van der Waals surface area contributed by atoms with Crippen LogP contribution in [0.15, 0.2) is 0 Å². The lowest BCUT2D eigenvalue weighted by molar-refractivity contribution is -0.132. The van der Waals surface area contributed by atoms with Gasteiger partial charge in [-0.3, -0.25) is 4.79 Å². The number of nitrogens with one attached hydrogen (secondary N) is 1. The molecule has 0 bridgehead atoms. The molecular formula is C12H24ClN3O. The summed E-state index contributed by atoms with van der Waals surface area (Å²) in [7, 11) is 0. The van der Waals surface area contributed by atoms with Crippen LogP contribution < -0.4 is 5.32 Å². The van der Waals surface area contributed by atoms with Gasteiger partial charge in [0.15, 0.2) is 0 Å². The Morgan fingerprint density at radius 2 is 2.00 bits per heavy atom. The zero-order valence-corrected chi connectivity index (χ0v) is 11.5. The Kier molecular flexibility index (Phi) is 6.23. The number of amides is 1. The van der Waals surface area contributed by atoms with Crippen LogP contribution in [0.3, 0.4) is 0 Å². The van der Waals surface area contributed by atoms with Crippen LogP contribution in [0.2, 0.25) is 0 Å². The number of piperazine rings is 1. The second-order valence-electron chi connectivity index (χ2n) is 4.91. The first-order chi connectivity index (χ1) is 7.77. The molecule has 2 fully saturated rings. The average Bonchev–Trinajstić information content (AvgIpc) is 2.73. The Balaban J connectivity index is 0.00000144. The fraction of sp³-hybridized carbons (Fsp3) is 0.917. The molecule has 1 N–H and O–H groups in total. The number of likely N-dealkylation sites (tertiary alicyclic amines) is 1. The fourth-order valence-electron chi connectivity index (χ4n) is 2.64. The molecule has 4 nitrogen and oxygen atoms in total. The normalized spacial score (nSPS) is 25.7. The molecule has 2 aliphatic heterocycles. The molecule has 1 amide bonds. The predicted molar refractivity (Wildman–Crippen MR) is 71.6 cm³/mol. The van der Waals surface area contributed by atoms with Crippen molar-refractivity contribution in [1.82, 2.24) is 15.1 Å². The summed E-state index contributed by atoms with van der Waals surface area (Å²) in [5.41, 5.74) is 0. The smallest absolute Gasteiger partial charge is 0.223 e. The molecule has 1 unspecified atom stereocenters. The van der Waals surface area contributed by atoms with Gasteiger partial charge in [0, 0.05) is 45.2 Å². The van der Waals surface area contributed by atoms with E-state index in [4.69, 9.17) is 0 Å². The highest BCUT2D eigenvalue weighted by atomic mass is 35.5. The van der Waals surface area contributed by atoms with Gasteiger partial charge in [0.25, 0.3) is 0 Å². The second-order valence-corrected chi connectivity index (χ2v) is 4.91. The third kappa shape index (κ3) is 4.12. The Bertz CT molecular complexity index is 244.